The van der Waals surface area contributed by atoms with Crippen molar-refractivity contribution in [3.05, 3.63) is 24.3 Å². The first-order valence-electron chi connectivity index (χ1n) is 3.75. The second kappa shape index (κ2) is 3.65. The molecule has 0 aliphatic rings. The molecule has 2 amide bonds. The summed E-state index contributed by atoms with van der Waals surface area (Å²) in [5.74, 6) is -0.412. The highest BCUT2D eigenvalue weighted by Gasteiger charge is 2.14. The topological polar surface area (TPSA) is 116 Å². The van der Waals surface area contributed by atoms with Crippen LogP contribution in [0.3, 0.4) is 0 Å². The number of guanidine groups is 1. The number of carbonyl (C=O) groups excluding carboxylic acids is 1. The summed E-state index contributed by atoms with van der Waals surface area (Å²) in [4.78, 5) is 11.7. The molecule has 0 aromatic heterocycles. The van der Waals surface area contributed by atoms with Crippen molar-refractivity contribution in [2.75, 3.05) is 4.90 Å². The van der Waals surface area contributed by atoms with Gasteiger partial charge in [0.1, 0.15) is 5.75 Å². The number of nitrogens with two attached hydrogens (primary N) is 2. The number of nitrogens with zero attached hydrogens (tertiary/aromatic N) is 1. The number of amides is 2. The van der Waals surface area contributed by atoms with Crippen molar-refractivity contribution in [3.8, 4) is 5.75 Å². The summed E-state index contributed by atoms with van der Waals surface area (Å²) in [5.41, 5.74) is 10.5. The third-order valence-electron chi connectivity index (χ3n) is 1.57. The van der Waals surface area contributed by atoms with Gasteiger partial charge in [0.15, 0.2) is 0 Å². The predicted molar refractivity (Wildman–Crippen MR) is 52.1 cm³/mol. The Bertz CT molecular complexity index is 346. The number of primary amides is 1. The molecule has 0 saturated heterocycles. The van der Waals surface area contributed by atoms with Gasteiger partial charge in [-0.15, -0.1) is 0 Å². The van der Waals surface area contributed by atoms with Gasteiger partial charge in [-0.05, 0) is 24.3 Å². The highest BCUT2D eigenvalue weighted by atomic mass is 16.3. The highest BCUT2D eigenvalue weighted by Crippen LogP contribution is 2.17. The number of phenols is 1. The molecule has 0 bridgehead atoms. The Morgan fingerprint density at radius 2 is 1.79 bits per heavy atom. The molecular weight excluding hydrogens is 184 g/mol. The molecule has 1 aromatic carbocycles. The lowest BCUT2D eigenvalue weighted by Crippen LogP contribution is -2.44. The molecular formula is C8H10N4O2. The van der Waals surface area contributed by atoms with Crippen molar-refractivity contribution >= 4 is 17.7 Å². The maximum absolute atomic E-state index is 10.9. The van der Waals surface area contributed by atoms with Crippen LogP contribution in [0.5, 0.6) is 5.75 Å². The zero-order valence-corrected chi connectivity index (χ0v) is 7.27. The lowest BCUT2D eigenvalue weighted by atomic mass is 10.3. The van der Waals surface area contributed by atoms with Crippen molar-refractivity contribution in [1.82, 2.24) is 0 Å². The maximum atomic E-state index is 10.9. The van der Waals surface area contributed by atoms with E-state index in [1.165, 1.54) is 24.3 Å². The van der Waals surface area contributed by atoms with Crippen LogP contribution in [-0.2, 0) is 0 Å². The van der Waals surface area contributed by atoms with Crippen molar-refractivity contribution in [2.24, 2.45) is 11.5 Å². The normalized spacial score (nSPS) is 9.43. The number of hydrogen-bond donors (Lipinski definition) is 4. The fraction of sp³-hybridized carbons (Fsp3) is 0. The Balaban J connectivity index is 3.06. The van der Waals surface area contributed by atoms with E-state index in [1.807, 2.05) is 0 Å². The van der Waals surface area contributed by atoms with Crippen molar-refractivity contribution in [2.45, 2.75) is 0 Å². The molecule has 0 unspecified atom stereocenters. The number of nitrogens with one attached hydrogen (secondary N) is 1. The molecule has 6 heteroatoms. The first kappa shape index (κ1) is 9.85. The molecule has 0 spiro atoms. The van der Waals surface area contributed by atoms with Crippen LogP contribution >= 0.6 is 0 Å². The number of benzene rings is 1. The number of phenolic OH excluding ortho intramolecular Hbond substituents is 1. The van der Waals surface area contributed by atoms with Gasteiger partial charge >= 0.3 is 6.03 Å². The molecule has 14 heavy (non-hydrogen) atoms. The predicted octanol–water partition coefficient (Wildman–Crippen LogP) is 0.171. The first-order valence-corrected chi connectivity index (χ1v) is 3.75. The molecule has 0 aliphatic heterocycles. The summed E-state index contributed by atoms with van der Waals surface area (Å²) in [6.07, 6.45) is 0. The summed E-state index contributed by atoms with van der Waals surface area (Å²) < 4.78 is 0. The average molecular weight is 194 g/mol. The molecule has 0 heterocycles. The third kappa shape index (κ3) is 1.92. The van der Waals surface area contributed by atoms with Gasteiger partial charge in [-0.3, -0.25) is 5.41 Å². The zero-order valence-electron chi connectivity index (χ0n) is 7.27. The average Bonchev–Trinajstić information content (AvgIpc) is 2.07. The number of urea groups is 1. The number of hydrogen-bond acceptors (Lipinski definition) is 3. The number of rotatable bonds is 1. The van der Waals surface area contributed by atoms with Crippen LogP contribution in [0.25, 0.3) is 0 Å². The molecule has 6 N–H and O–H groups in total. The van der Waals surface area contributed by atoms with Crippen molar-refractivity contribution in [1.29, 1.82) is 5.41 Å². The van der Waals surface area contributed by atoms with E-state index in [0.29, 0.717) is 5.69 Å². The van der Waals surface area contributed by atoms with Gasteiger partial charge < -0.3 is 16.6 Å². The molecule has 1 aromatic rings. The Labute approximate surface area is 80.2 Å². The molecule has 0 fully saturated rings. The summed E-state index contributed by atoms with van der Waals surface area (Å²) in [6.45, 7) is 0. The fourth-order valence-corrected chi connectivity index (χ4v) is 0.987. The van der Waals surface area contributed by atoms with E-state index in [9.17, 15) is 4.79 Å². The second-order valence-electron chi connectivity index (χ2n) is 2.58. The first-order chi connectivity index (χ1) is 6.52. The number of carbonyl (C=O) groups is 1. The van der Waals surface area contributed by atoms with Crippen molar-refractivity contribution < 1.29 is 9.90 Å². The van der Waals surface area contributed by atoms with Crippen LogP contribution in [0, 0.1) is 5.41 Å². The Morgan fingerprint density at radius 3 is 2.14 bits per heavy atom. The van der Waals surface area contributed by atoms with E-state index >= 15 is 0 Å². The monoisotopic (exact) mass is 194 g/mol. The van der Waals surface area contributed by atoms with E-state index in [4.69, 9.17) is 22.0 Å². The Kier molecular flexibility index (Phi) is 2.57. The molecule has 0 radical (unpaired) electrons. The van der Waals surface area contributed by atoms with Gasteiger partial charge in [-0.25, -0.2) is 9.69 Å². The second-order valence-corrected chi connectivity index (χ2v) is 2.58. The molecule has 0 saturated carbocycles. The summed E-state index contributed by atoms with van der Waals surface area (Å²) in [5, 5.41) is 16.1. The van der Waals surface area contributed by atoms with E-state index < -0.39 is 12.0 Å². The van der Waals surface area contributed by atoms with Gasteiger partial charge in [-0.1, -0.05) is 0 Å². The van der Waals surface area contributed by atoms with E-state index in [2.05, 4.69) is 0 Å². The smallest absolute Gasteiger partial charge is 0.326 e. The molecule has 0 aliphatic carbocycles. The lowest BCUT2D eigenvalue weighted by molar-refractivity contribution is 0.256. The molecule has 1 rings (SSSR count). The SMILES string of the molecule is N=C(N)N(C(N)=O)c1ccc(O)cc1. The van der Waals surface area contributed by atoms with Crippen LogP contribution in [0.2, 0.25) is 0 Å². The highest BCUT2D eigenvalue weighted by molar-refractivity contribution is 6.13. The number of anilines is 1. The summed E-state index contributed by atoms with van der Waals surface area (Å²) >= 11 is 0. The quantitative estimate of drug-likeness (QED) is 0.377. The molecule has 0 atom stereocenters. The minimum atomic E-state index is -0.844. The van der Waals surface area contributed by atoms with Crippen LogP contribution in [0.4, 0.5) is 10.5 Å². The van der Waals surface area contributed by atoms with Crippen LogP contribution < -0.4 is 16.4 Å². The minimum Gasteiger partial charge on any atom is -0.508 e. The van der Waals surface area contributed by atoms with Gasteiger partial charge in [0.2, 0.25) is 5.96 Å². The van der Waals surface area contributed by atoms with Gasteiger partial charge in [-0.2, -0.15) is 0 Å². The van der Waals surface area contributed by atoms with Crippen molar-refractivity contribution in [3.63, 3.8) is 0 Å². The van der Waals surface area contributed by atoms with Crippen LogP contribution in [-0.4, -0.2) is 17.1 Å². The van der Waals surface area contributed by atoms with E-state index in [1.54, 1.807) is 0 Å². The molecule has 74 valence electrons. The zero-order chi connectivity index (χ0) is 10.7. The number of aromatic hydroxyl groups is 1. The molecule has 6 nitrogen and oxygen atoms in total. The van der Waals surface area contributed by atoms with Crippen LogP contribution in [0.15, 0.2) is 24.3 Å². The van der Waals surface area contributed by atoms with Gasteiger partial charge in [0.25, 0.3) is 0 Å². The Morgan fingerprint density at radius 1 is 1.29 bits per heavy atom. The van der Waals surface area contributed by atoms with Crippen LogP contribution in [0.1, 0.15) is 0 Å². The van der Waals surface area contributed by atoms with E-state index in [-0.39, 0.29) is 5.75 Å². The van der Waals surface area contributed by atoms with E-state index in [0.717, 1.165) is 4.90 Å². The maximum Gasteiger partial charge on any atom is 0.326 e. The largest absolute Gasteiger partial charge is 0.508 e. The standard InChI is InChI=1S/C8H10N4O2/c9-7(10)12(8(11)14)5-1-3-6(13)4-2-5/h1-4,13H,(H3,9,10)(H2,11,14). The lowest BCUT2D eigenvalue weighted by Gasteiger charge is -2.17. The minimum absolute atomic E-state index is 0.0572. The fourth-order valence-electron chi connectivity index (χ4n) is 0.987. The van der Waals surface area contributed by atoms with Gasteiger partial charge in [0.05, 0.1) is 5.69 Å². The van der Waals surface area contributed by atoms with Gasteiger partial charge in [0, 0.05) is 0 Å². The third-order valence-corrected chi connectivity index (χ3v) is 1.57. The summed E-state index contributed by atoms with van der Waals surface area (Å²) in [6, 6.07) is 4.76. The summed E-state index contributed by atoms with van der Waals surface area (Å²) in [7, 11) is 0. The Hall–Kier alpha value is -2.24.